The second-order valence-electron chi connectivity index (χ2n) is 5.41. The summed E-state index contributed by atoms with van der Waals surface area (Å²) in [6.07, 6.45) is 3.78. The molecule has 0 amide bonds. The van der Waals surface area contributed by atoms with Crippen molar-refractivity contribution < 1.29 is 14.5 Å². The first-order valence-electron chi connectivity index (χ1n) is 7.80. The van der Waals surface area contributed by atoms with Gasteiger partial charge in [0.05, 0.1) is 23.8 Å². The maximum absolute atomic E-state index is 12.0. The van der Waals surface area contributed by atoms with Gasteiger partial charge in [-0.15, -0.1) is 0 Å². The van der Waals surface area contributed by atoms with Crippen LogP contribution in [0, 0.1) is 10.1 Å². The van der Waals surface area contributed by atoms with E-state index in [1.54, 1.807) is 13.0 Å². The van der Waals surface area contributed by atoms with Crippen molar-refractivity contribution in [2.45, 2.75) is 13.5 Å². The number of anilines is 1. The Labute approximate surface area is 157 Å². The molecule has 0 fully saturated rings. The summed E-state index contributed by atoms with van der Waals surface area (Å²) in [7, 11) is 0. The number of esters is 1. The lowest BCUT2D eigenvalue weighted by Gasteiger charge is -2.08. The second-order valence-corrected chi connectivity index (χ2v) is 6.32. The van der Waals surface area contributed by atoms with Crippen molar-refractivity contribution in [1.29, 1.82) is 0 Å². The molecule has 0 saturated carbocycles. The van der Waals surface area contributed by atoms with Gasteiger partial charge in [0.15, 0.2) is 0 Å². The lowest BCUT2D eigenvalue weighted by Crippen LogP contribution is -2.09. The molecule has 0 aliphatic heterocycles. The number of imidazole rings is 1. The van der Waals surface area contributed by atoms with Crippen LogP contribution < -0.4 is 5.32 Å². The number of halogens is 1. The Balaban J connectivity index is 1.81. The van der Waals surface area contributed by atoms with Crippen LogP contribution in [0.2, 0.25) is 0 Å². The molecule has 2 heterocycles. The summed E-state index contributed by atoms with van der Waals surface area (Å²) in [6.45, 7) is 2.19. The Hall–Kier alpha value is -2.94. The van der Waals surface area contributed by atoms with Crippen molar-refractivity contribution in [3.8, 4) is 0 Å². The topological polar surface area (TPSA) is 98.8 Å². The number of nitro groups is 1. The first-order chi connectivity index (χ1) is 12.5. The molecule has 3 aromatic rings. The Morgan fingerprint density at radius 3 is 2.88 bits per heavy atom. The number of aromatic nitrogens is 2. The molecule has 1 N–H and O–H groups in total. The smallest absolute Gasteiger partial charge is 0.345 e. The molecular formula is C17H15BrN4O4. The molecule has 3 rings (SSSR count). The van der Waals surface area contributed by atoms with Crippen molar-refractivity contribution >= 4 is 38.9 Å². The number of nitro benzene ring substituents is 1. The summed E-state index contributed by atoms with van der Waals surface area (Å²) in [5, 5.41) is 14.2. The number of hydrogen-bond acceptors (Lipinski definition) is 6. The molecular weight excluding hydrogens is 404 g/mol. The second kappa shape index (κ2) is 7.52. The minimum atomic E-state index is -0.722. The van der Waals surface area contributed by atoms with Crippen LogP contribution in [-0.2, 0) is 11.3 Å². The third-order valence-electron chi connectivity index (χ3n) is 3.63. The van der Waals surface area contributed by atoms with Crippen molar-refractivity contribution in [3.05, 3.63) is 68.6 Å². The summed E-state index contributed by atoms with van der Waals surface area (Å²) in [5.74, 6) is -0.722. The van der Waals surface area contributed by atoms with Gasteiger partial charge in [0.1, 0.15) is 11.2 Å². The van der Waals surface area contributed by atoms with E-state index in [-0.39, 0.29) is 17.9 Å². The molecule has 0 spiro atoms. The van der Waals surface area contributed by atoms with Crippen LogP contribution in [0.3, 0.4) is 0 Å². The van der Waals surface area contributed by atoms with Crippen molar-refractivity contribution in [3.63, 3.8) is 0 Å². The maximum Gasteiger partial charge on any atom is 0.345 e. The molecule has 26 heavy (non-hydrogen) atoms. The van der Waals surface area contributed by atoms with Crippen LogP contribution in [0.25, 0.3) is 5.65 Å². The fourth-order valence-corrected chi connectivity index (χ4v) is 2.83. The number of ether oxygens (including phenoxy) is 1. The molecule has 0 bridgehead atoms. The van der Waals surface area contributed by atoms with Gasteiger partial charge in [0.25, 0.3) is 5.69 Å². The molecule has 2 aromatic heterocycles. The molecule has 8 nitrogen and oxygen atoms in total. The highest BCUT2D eigenvalue weighted by atomic mass is 79.9. The van der Waals surface area contributed by atoms with E-state index in [0.717, 1.165) is 15.8 Å². The number of carbonyl (C=O) groups excluding carboxylic acids is 1. The molecule has 0 radical (unpaired) electrons. The summed E-state index contributed by atoms with van der Waals surface area (Å²) in [5.41, 5.74) is 1.80. The average molecular weight is 419 g/mol. The monoisotopic (exact) mass is 418 g/mol. The molecule has 0 aliphatic carbocycles. The van der Waals surface area contributed by atoms with Crippen LogP contribution in [0.4, 0.5) is 11.4 Å². The maximum atomic E-state index is 12.0. The van der Waals surface area contributed by atoms with Gasteiger partial charge < -0.3 is 14.5 Å². The van der Waals surface area contributed by atoms with Crippen molar-refractivity contribution in [2.24, 2.45) is 0 Å². The molecule has 0 atom stereocenters. The van der Waals surface area contributed by atoms with Gasteiger partial charge in [-0.25, -0.2) is 9.78 Å². The average Bonchev–Trinajstić information content (AvgIpc) is 3.01. The summed E-state index contributed by atoms with van der Waals surface area (Å²) < 4.78 is 7.73. The zero-order valence-electron chi connectivity index (χ0n) is 13.8. The molecule has 0 saturated heterocycles. The summed E-state index contributed by atoms with van der Waals surface area (Å²) in [6, 6.07) is 8.05. The number of nitrogens with one attached hydrogen (secondary N) is 1. The summed E-state index contributed by atoms with van der Waals surface area (Å²) in [4.78, 5) is 27.0. The highest BCUT2D eigenvalue weighted by Crippen LogP contribution is 2.24. The van der Waals surface area contributed by atoms with E-state index in [2.05, 4.69) is 26.2 Å². The van der Waals surface area contributed by atoms with E-state index in [0.29, 0.717) is 12.2 Å². The molecule has 0 unspecified atom stereocenters. The Bertz CT molecular complexity index is 986. The lowest BCUT2D eigenvalue weighted by molar-refractivity contribution is -0.385. The van der Waals surface area contributed by atoms with Gasteiger partial charge in [-0.3, -0.25) is 10.1 Å². The van der Waals surface area contributed by atoms with E-state index in [4.69, 9.17) is 4.74 Å². The van der Waals surface area contributed by atoms with Gasteiger partial charge in [-0.2, -0.15) is 0 Å². The number of benzene rings is 1. The first kappa shape index (κ1) is 17.9. The van der Waals surface area contributed by atoms with Gasteiger partial charge in [-0.05, 0) is 47.1 Å². The first-order valence-corrected chi connectivity index (χ1v) is 8.60. The quantitative estimate of drug-likeness (QED) is 0.371. The number of pyridine rings is 1. The largest absolute Gasteiger partial charge is 0.462 e. The highest BCUT2D eigenvalue weighted by molar-refractivity contribution is 9.10. The van der Waals surface area contributed by atoms with E-state index in [1.165, 1.54) is 12.1 Å². The molecule has 1 aromatic carbocycles. The lowest BCUT2D eigenvalue weighted by atomic mass is 10.1. The number of fused-ring (bicyclic) bond motifs is 1. The number of nitrogens with zero attached hydrogens (tertiary/aromatic N) is 3. The SMILES string of the molecule is CCOC(=O)c1cc(NCc2cn3cc(Br)ccc3n2)ccc1[N+](=O)[O-]. The highest BCUT2D eigenvalue weighted by Gasteiger charge is 2.21. The molecule has 0 aliphatic rings. The van der Waals surface area contributed by atoms with Crippen LogP contribution in [0.15, 0.2) is 47.2 Å². The van der Waals surface area contributed by atoms with Crippen LogP contribution >= 0.6 is 15.9 Å². The van der Waals surface area contributed by atoms with Gasteiger partial charge in [0.2, 0.25) is 0 Å². The fourth-order valence-electron chi connectivity index (χ4n) is 2.47. The molecule has 134 valence electrons. The van der Waals surface area contributed by atoms with Crippen LogP contribution in [-0.4, -0.2) is 26.9 Å². The van der Waals surface area contributed by atoms with Gasteiger partial charge in [0, 0.05) is 28.6 Å². The Kier molecular flexibility index (Phi) is 5.17. The zero-order chi connectivity index (χ0) is 18.7. The normalized spacial score (nSPS) is 10.7. The number of rotatable bonds is 6. The predicted molar refractivity (Wildman–Crippen MR) is 99.3 cm³/mol. The fraction of sp³-hybridized carbons (Fsp3) is 0.176. The molecule has 9 heteroatoms. The Morgan fingerprint density at radius 1 is 1.35 bits per heavy atom. The zero-order valence-corrected chi connectivity index (χ0v) is 15.4. The summed E-state index contributed by atoms with van der Waals surface area (Å²) >= 11 is 3.41. The number of carbonyl (C=O) groups is 1. The predicted octanol–water partition coefficient (Wildman–Crippen LogP) is 3.79. The van der Waals surface area contributed by atoms with E-state index >= 15 is 0 Å². The standard InChI is InChI=1S/C17H15BrN4O4/c1-2-26-17(23)14-7-12(4-5-15(14)22(24)25)19-8-13-10-21-9-11(18)3-6-16(21)20-13/h3-7,9-10,19H,2,8H2,1H3. The van der Waals surface area contributed by atoms with E-state index in [1.807, 2.05) is 28.9 Å². The van der Waals surface area contributed by atoms with Gasteiger partial charge >= 0.3 is 5.97 Å². The van der Waals surface area contributed by atoms with E-state index < -0.39 is 10.9 Å². The third-order valence-corrected chi connectivity index (χ3v) is 4.10. The minimum absolute atomic E-state index is 0.0826. The van der Waals surface area contributed by atoms with Crippen LogP contribution in [0.5, 0.6) is 0 Å². The van der Waals surface area contributed by atoms with Crippen LogP contribution in [0.1, 0.15) is 23.0 Å². The van der Waals surface area contributed by atoms with E-state index in [9.17, 15) is 14.9 Å². The van der Waals surface area contributed by atoms with Crippen molar-refractivity contribution in [2.75, 3.05) is 11.9 Å². The third kappa shape index (κ3) is 3.83. The Morgan fingerprint density at radius 2 is 2.15 bits per heavy atom. The van der Waals surface area contributed by atoms with Gasteiger partial charge in [-0.1, -0.05) is 0 Å². The minimum Gasteiger partial charge on any atom is -0.462 e. The van der Waals surface area contributed by atoms with Crippen molar-refractivity contribution in [1.82, 2.24) is 9.38 Å². The number of hydrogen-bond donors (Lipinski definition) is 1.